The number of amides is 2. The summed E-state index contributed by atoms with van der Waals surface area (Å²) in [6, 6.07) is 17.4. The lowest BCUT2D eigenvalue weighted by Crippen LogP contribution is -2.28. The van der Waals surface area contributed by atoms with Crippen LogP contribution in [0.15, 0.2) is 65.1 Å². The molecule has 1 fully saturated rings. The van der Waals surface area contributed by atoms with Gasteiger partial charge < -0.3 is 10.2 Å². The van der Waals surface area contributed by atoms with Crippen molar-refractivity contribution >= 4 is 49.9 Å². The predicted molar refractivity (Wildman–Crippen MR) is 107 cm³/mol. The minimum absolute atomic E-state index is 0.113. The standard InChI is InChI=1S/C21H16BrFN2O2/c22-19-6-1-3-13-9-16(7-8-18(13)19)24-21(27)14-10-20(26)25(12-14)17-5-2-4-15(23)11-17/h1-9,11,14H,10,12H2,(H,24,27). The Morgan fingerprint density at radius 2 is 1.93 bits per heavy atom. The van der Waals surface area contributed by atoms with Gasteiger partial charge in [0.25, 0.3) is 0 Å². The first-order valence-electron chi connectivity index (χ1n) is 8.56. The Balaban J connectivity index is 1.50. The topological polar surface area (TPSA) is 49.4 Å². The van der Waals surface area contributed by atoms with Gasteiger partial charge in [-0.15, -0.1) is 0 Å². The molecule has 1 atom stereocenters. The first-order chi connectivity index (χ1) is 13.0. The molecule has 1 unspecified atom stereocenters. The molecular weight excluding hydrogens is 411 g/mol. The highest BCUT2D eigenvalue weighted by molar-refractivity contribution is 9.10. The van der Waals surface area contributed by atoms with Gasteiger partial charge in [0.05, 0.1) is 5.92 Å². The molecule has 1 saturated heterocycles. The minimum atomic E-state index is -0.473. The van der Waals surface area contributed by atoms with Crippen LogP contribution in [-0.2, 0) is 9.59 Å². The van der Waals surface area contributed by atoms with Crippen LogP contribution < -0.4 is 10.2 Å². The summed E-state index contributed by atoms with van der Waals surface area (Å²) in [5.74, 6) is -1.27. The molecule has 1 aliphatic rings. The maximum atomic E-state index is 13.4. The Morgan fingerprint density at radius 1 is 1.11 bits per heavy atom. The van der Waals surface area contributed by atoms with Crippen molar-refractivity contribution in [1.29, 1.82) is 0 Å². The second-order valence-corrected chi connectivity index (χ2v) is 7.40. The molecule has 0 aliphatic carbocycles. The van der Waals surface area contributed by atoms with Crippen molar-refractivity contribution in [3.63, 3.8) is 0 Å². The molecule has 0 radical (unpaired) electrons. The van der Waals surface area contributed by atoms with Gasteiger partial charge in [-0.3, -0.25) is 9.59 Å². The third kappa shape index (κ3) is 3.57. The lowest BCUT2D eigenvalue weighted by molar-refractivity contribution is -0.122. The van der Waals surface area contributed by atoms with Crippen LogP contribution in [0.3, 0.4) is 0 Å². The summed E-state index contributed by atoms with van der Waals surface area (Å²) in [6.07, 6.45) is 0.113. The molecule has 136 valence electrons. The normalized spacial score (nSPS) is 16.7. The van der Waals surface area contributed by atoms with E-state index in [1.165, 1.54) is 17.0 Å². The summed E-state index contributed by atoms with van der Waals surface area (Å²) < 4.78 is 14.4. The smallest absolute Gasteiger partial charge is 0.229 e. The lowest BCUT2D eigenvalue weighted by Gasteiger charge is -2.17. The fourth-order valence-corrected chi connectivity index (χ4v) is 3.86. The molecule has 1 heterocycles. The van der Waals surface area contributed by atoms with E-state index >= 15 is 0 Å². The Bertz CT molecular complexity index is 1050. The number of nitrogens with zero attached hydrogens (tertiary/aromatic N) is 1. The molecule has 0 bridgehead atoms. The van der Waals surface area contributed by atoms with Gasteiger partial charge in [-0.05, 0) is 47.2 Å². The number of carbonyl (C=O) groups excluding carboxylic acids is 2. The number of fused-ring (bicyclic) bond motifs is 1. The molecular formula is C21H16BrFN2O2. The number of halogens is 2. The van der Waals surface area contributed by atoms with Gasteiger partial charge in [0.1, 0.15) is 5.82 Å². The van der Waals surface area contributed by atoms with Gasteiger partial charge in [-0.25, -0.2) is 4.39 Å². The molecule has 4 rings (SSSR count). The average Bonchev–Trinajstić information content (AvgIpc) is 3.04. The number of anilines is 2. The van der Waals surface area contributed by atoms with Crippen molar-refractivity contribution in [2.24, 2.45) is 5.92 Å². The predicted octanol–water partition coefficient (Wildman–Crippen LogP) is 4.73. The van der Waals surface area contributed by atoms with E-state index in [0.29, 0.717) is 11.4 Å². The number of hydrogen-bond acceptors (Lipinski definition) is 2. The Kier molecular flexibility index (Phi) is 4.66. The van der Waals surface area contributed by atoms with Crippen LogP contribution >= 0.6 is 15.9 Å². The van der Waals surface area contributed by atoms with Crippen LogP contribution in [-0.4, -0.2) is 18.4 Å². The Morgan fingerprint density at radius 3 is 2.74 bits per heavy atom. The van der Waals surface area contributed by atoms with Crippen molar-refractivity contribution in [2.45, 2.75) is 6.42 Å². The maximum absolute atomic E-state index is 13.4. The molecule has 4 nitrogen and oxygen atoms in total. The van der Waals surface area contributed by atoms with Gasteiger partial charge in [0.2, 0.25) is 11.8 Å². The lowest BCUT2D eigenvalue weighted by atomic mass is 10.1. The Hall–Kier alpha value is -2.73. The molecule has 6 heteroatoms. The van der Waals surface area contributed by atoms with Gasteiger partial charge in [0, 0.05) is 28.8 Å². The second kappa shape index (κ2) is 7.12. The van der Waals surface area contributed by atoms with E-state index in [2.05, 4.69) is 21.2 Å². The molecule has 3 aromatic carbocycles. The molecule has 3 aromatic rings. The SMILES string of the molecule is O=C(Nc1ccc2c(Br)cccc2c1)C1CC(=O)N(c2cccc(F)c2)C1. The molecule has 0 saturated carbocycles. The largest absolute Gasteiger partial charge is 0.326 e. The monoisotopic (exact) mass is 426 g/mol. The van der Waals surface area contributed by atoms with Crippen LogP contribution in [0.1, 0.15) is 6.42 Å². The fourth-order valence-electron chi connectivity index (χ4n) is 3.34. The van der Waals surface area contributed by atoms with E-state index in [1.807, 2.05) is 36.4 Å². The average molecular weight is 427 g/mol. The Labute approximate surface area is 164 Å². The number of nitrogens with one attached hydrogen (secondary N) is 1. The zero-order valence-corrected chi connectivity index (χ0v) is 15.9. The molecule has 0 spiro atoms. The molecule has 27 heavy (non-hydrogen) atoms. The third-order valence-electron chi connectivity index (χ3n) is 4.71. The molecule has 1 N–H and O–H groups in total. The minimum Gasteiger partial charge on any atom is -0.326 e. The van der Waals surface area contributed by atoms with E-state index in [0.717, 1.165) is 15.2 Å². The van der Waals surface area contributed by atoms with Crippen LogP contribution in [0.2, 0.25) is 0 Å². The van der Waals surface area contributed by atoms with Crippen molar-refractivity contribution < 1.29 is 14.0 Å². The van der Waals surface area contributed by atoms with Crippen LogP contribution in [0.5, 0.6) is 0 Å². The van der Waals surface area contributed by atoms with Crippen molar-refractivity contribution in [3.8, 4) is 0 Å². The fraction of sp³-hybridized carbons (Fsp3) is 0.143. The zero-order chi connectivity index (χ0) is 19.0. The van der Waals surface area contributed by atoms with Gasteiger partial charge in [-0.1, -0.05) is 40.2 Å². The third-order valence-corrected chi connectivity index (χ3v) is 5.40. The van der Waals surface area contributed by atoms with Crippen LogP contribution in [0.25, 0.3) is 10.8 Å². The van der Waals surface area contributed by atoms with Crippen molar-refractivity contribution in [1.82, 2.24) is 0 Å². The van der Waals surface area contributed by atoms with E-state index in [9.17, 15) is 14.0 Å². The highest BCUT2D eigenvalue weighted by atomic mass is 79.9. The number of carbonyl (C=O) groups is 2. The zero-order valence-electron chi connectivity index (χ0n) is 14.3. The highest BCUT2D eigenvalue weighted by Gasteiger charge is 2.35. The maximum Gasteiger partial charge on any atom is 0.229 e. The molecule has 1 aliphatic heterocycles. The van der Waals surface area contributed by atoms with Crippen molar-refractivity contribution in [3.05, 3.63) is 71.0 Å². The second-order valence-electron chi connectivity index (χ2n) is 6.55. The first kappa shape index (κ1) is 17.7. The van der Waals surface area contributed by atoms with Crippen LogP contribution in [0, 0.1) is 11.7 Å². The van der Waals surface area contributed by atoms with Gasteiger partial charge in [-0.2, -0.15) is 0 Å². The molecule has 2 amide bonds. The number of hydrogen-bond donors (Lipinski definition) is 1. The van der Waals surface area contributed by atoms with Crippen molar-refractivity contribution in [2.75, 3.05) is 16.8 Å². The van der Waals surface area contributed by atoms with E-state index < -0.39 is 11.7 Å². The van der Waals surface area contributed by atoms with E-state index in [1.54, 1.807) is 12.1 Å². The molecule has 0 aromatic heterocycles. The van der Waals surface area contributed by atoms with Gasteiger partial charge >= 0.3 is 0 Å². The number of benzene rings is 3. The first-order valence-corrected chi connectivity index (χ1v) is 9.35. The summed E-state index contributed by atoms with van der Waals surface area (Å²) in [5.41, 5.74) is 1.16. The van der Waals surface area contributed by atoms with Crippen LogP contribution in [0.4, 0.5) is 15.8 Å². The summed E-state index contributed by atoms with van der Waals surface area (Å²) in [7, 11) is 0. The summed E-state index contributed by atoms with van der Waals surface area (Å²) in [6.45, 7) is 0.243. The quantitative estimate of drug-likeness (QED) is 0.657. The highest BCUT2D eigenvalue weighted by Crippen LogP contribution is 2.29. The van der Waals surface area contributed by atoms with E-state index in [4.69, 9.17) is 0 Å². The summed E-state index contributed by atoms with van der Waals surface area (Å²) in [5, 5.41) is 4.96. The summed E-state index contributed by atoms with van der Waals surface area (Å²) >= 11 is 3.51. The number of rotatable bonds is 3. The van der Waals surface area contributed by atoms with E-state index in [-0.39, 0.29) is 24.8 Å². The summed E-state index contributed by atoms with van der Waals surface area (Å²) in [4.78, 5) is 26.4. The van der Waals surface area contributed by atoms with Gasteiger partial charge in [0.15, 0.2) is 0 Å².